The molecule has 1 unspecified atom stereocenters. The van der Waals surface area contributed by atoms with Crippen molar-refractivity contribution in [3.8, 4) is 0 Å². The molecular formula is C13H22O5. The van der Waals surface area contributed by atoms with Crippen molar-refractivity contribution in [2.75, 3.05) is 0 Å². The third-order valence-corrected chi connectivity index (χ3v) is 2.83. The topological polar surface area (TPSA) is 61.8 Å². The number of carbonyl (C=O) groups excluding carboxylic acids is 2. The van der Waals surface area contributed by atoms with Gasteiger partial charge in [-0.3, -0.25) is 4.79 Å². The van der Waals surface area contributed by atoms with Crippen LogP contribution in [0.3, 0.4) is 0 Å². The fourth-order valence-electron chi connectivity index (χ4n) is 1.81. The lowest BCUT2D eigenvalue weighted by molar-refractivity contribution is -0.172. The first-order valence-corrected chi connectivity index (χ1v) is 6.56. The van der Waals surface area contributed by atoms with Gasteiger partial charge < -0.3 is 14.2 Å². The molecule has 0 radical (unpaired) electrons. The third-order valence-electron chi connectivity index (χ3n) is 2.83. The summed E-state index contributed by atoms with van der Waals surface area (Å²) in [6.07, 6.45) is 3.40. The van der Waals surface area contributed by atoms with Crippen LogP contribution in [0.4, 0.5) is 4.79 Å². The van der Waals surface area contributed by atoms with E-state index in [0.29, 0.717) is 0 Å². The maximum Gasteiger partial charge on any atom is 0.511 e. The van der Waals surface area contributed by atoms with Crippen LogP contribution in [0.2, 0.25) is 0 Å². The quantitative estimate of drug-likeness (QED) is 0.573. The number of ether oxygens (including phenoxy) is 3. The summed E-state index contributed by atoms with van der Waals surface area (Å²) in [4.78, 5) is 22.7. The molecule has 1 rings (SSSR count). The van der Waals surface area contributed by atoms with Crippen molar-refractivity contribution in [1.29, 1.82) is 0 Å². The molecule has 18 heavy (non-hydrogen) atoms. The van der Waals surface area contributed by atoms with Gasteiger partial charge in [0.15, 0.2) is 0 Å². The normalized spacial score (nSPS) is 18.2. The standard InChI is InChI=1S/C13H22O5/c1-9(2)12(14)16-10(3)17-13(15)18-11-7-5-4-6-8-11/h9-11H,4-8H2,1-3H3. The van der Waals surface area contributed by atoms with E-state index in [0.717, 1.165) is 25.7 Å². The molecule has 104 valence electrons. The maximum absolute atomic E-state index is 11.4. The monoisotopic (exact) mass is 258 g/mol. The lowest BCUT2D eigenvalue weighted by Crippen LogP contribution is -2.27. The van der Waals surface area contributed by atoms with Crippen molar-refractivity contribution < 1.29 is 23.8 Å². The van der Waals surface area contributed by atoms with E-state index in [9.17, 15) is 9.59 Å². The molecule has 0 aromatic rings. The molecule has 1 aliphatic carbocycles. The molecule has 1 saturated carbocycles. The van der Waals surface area contributed by atoms with Crippen molar-refractivity contribution in [3.63, 3.8) is 0 Å². The highest BCUT2D eigenvalue weighted by Crippen LogP contribution is 2.20. The zero-order valence-electron chi connectivity index (χ0n) is 11.3. The first-order valence-electron chi connectivity index (χ1n) is 6.56. The van der Waals surface area contributed by atoms with Crippen molar-refractivity contribution in [3.05, 3.63) is 0 Å². The lowest BCUT2D eigenvalue weighted by Gasteiger charge is -2.22. The van der Waals surface area contributed by atoms with Crippen molar-refractivity contribution in [2.24, 2.45) is 5.92 Å². The van der Waals surface area contributed by atoms with Crippen LogP contribution in [0.5, 0.6) is 0 Å². The van der Waals surface area contributed by atoms with Gasteiger partial charge in [-0.15, -0.1) is 0 Å². The highest BCUT2D eigenvalue weighted by atomic mass is 16.8. The molecule has 0 heterocycles. The molecule has 0 aromatic carbocycles. The van der Waals surface area contributed by atoms with Gasteiger partial charge in [-0.25, -0.2) is 4.79 Å². The zero-order valence-corrected chi connectivity index (χ0v) is 11.3. The average molecular weight is 258 g/mol. The van der Waals surface area contributed by atoms with E-state index in [1.54, 1.807) is 13.8 Å². The van der Waals surface area contributed by atoms with Gasteiger partial charge in [0.05, 0.1) is 5.92 Å². The molecule has 5 nitrogen and oxygen atoms in total. The van der Waals surface area contributed by atoms with E-state index in [2.05, 4.69) is 0 Å². The van der Waals surface area contributed by atoms with E-state index in [1.165, 1.54) is 13.3 Å². The average Bonchev–Trinajstić information content (AvgIpc) is 2.29. The maximum atomic E-state index is 11.4. The van der Waals surface area contributed by atoms with Gasteiger partial charge >= 0.3 is 12.1 Å². The smallest absolute Gasteiger partial charge is 0.431 e. The minimum absolute atomic E-state index is 0.0562. The van der Waals surface area contributed by atoms with E-state index in [4.69, 9.17) is 14.2 Å². The molecule has 0 spiro atoms. The van der Waals surface area contributed by atoms with E-state index in [1.807, 2.05) is 0 Å². The molecule has 0 N–H and O–H groups in total. The Balaban J connectivity index is 2.24. The molecule has 5 heteroatoms. The summed E-state index contributed by atoms with van der Waals surface area (Å²) >= 11 is 0. The van der Waals surface area contributed by atoms with Crippen LogP contribution in [-0.4, -0.2) is 24.5 Å². The second-order valence-electron chi connectivity index (χ2n) is 4.90. The summed E-state index contributed by atoms with van der Waals surface area (Å²) in [6.45, 7) is 4.94. The van der Waals surface area contributed by atoms with E-state index < -0.39 is 18.4 Å². The molecule has 0 saturated heterocycles. The summed E-state index contributed by atoms with van der Waals surface area (Å²) < 4.78 is 14.9. The predicted molar refractivity (Wildman–Crippen MR) is 64.8 cm³/mol. The molecule has 1 fully saturated rings. The Kier molecular flexibility index (Phi) is 5.95. The molecular weight excluding hydrogens is 236 g/mol. The number of rotatable bonds is 4. The number of esters is 1. The molecule has 0 bridgehead atoms. The Morgan fingerprint density at radius 3 is 2.17 bits per heavy atom. The largest absolute Gasteiger partial charge is 0.511 e. The van der Waals surface area contributed by atoms with Crippen LogP contribution in [0.1, 0.15) is 52.9 Å². The molecule has 0 aromatic heterocycles. The van der Waals surface area contributed by atoms with Crippen LogP contribution in [0.25, 0.3) is 0 Å². The Labute approximate surface area is 108 Å². The Morgan fingerprint density at radius 2 is 1.61 bits per heavy atom. The summed E-state index contributed by atoms with van der Waals surface area (Å²) in [5.41, 5.74) is 0. The predicted octanol–water partition coefficient (Wildman–Crippen LogP) is 3.02. The number of hydrogen-bond donors (Lipinski definition) is 0. The Hall–Kier alpha value is -1.26. The fraction of sp³-hybridized carbons (Fsp3) is 0.846. The Bertz CT molecular complexity index is 281. The van der Waals surface area contributed by atoms with Gasteiger partial charge in [0.2, 0.25) is 6.29 Å². The summed E-state index contributed by atoms with van der Waals surface area (Å²) in [5.74, 6) is -0.640. The Morgan fingerprint density at radius 1 is 1.00 bits per heavy atom. The second kappa shape index (κ2) is 7.24. The minimum atomic E-state index is -0.906. The highest BCUT2D eigenvalue weighted by Gasteiger charge is 2.21. The van der Waals surface area contributed by atoms with Crippen molar-refractivity contribution >= 4 is 12.1 Å². The number of hydrogen-bond acceptors (Lipinski definition) is 5. The summed E-state index contributed by atoms with van der Waals surface area (Å²) in [6, 6.07) is 0. The number of carbonyl (C=O) groups is 2. The van der Waals surface area contributed by atoms with Crippen LogP contribution < -0.4 is 0 Å². The van der Waals surface area contributed by atoms with E-state index >= 15 is 0 Å². The van der Waals surface area contributed by atoms with Gasteiger partial charge in [0.1, 0.15) is 6.10 Å². The van der Waals surface area contributed by atoms with Crippen molar-refractivity contribution in [2.45, 2.75) is 65.3 Å². The lowest BCUT2D eigenvalue weighted by atomic mass is 9.98. The van der Waals surface area contributed by atoms with Gasteiger partial charge in [-0.1, -0.05) is 20.3 Å². The fourth-order valence-corrected chi connectivity index (χ4v) is 1.81. The van der Waals surface area contributed by atoms with Crippen molar-refractivity contribution in [1.82, 2.24) is 0 Å². The SMILES string of the molecule is CC(OC(=O)OC1CCCCC1)OC(=O)C(C)C. The van der Waals surface area contributed by atoms with Crippen LogP contribution in [0, 0.1) is 5.92 Å². The molecule has 0 amide bonds. The summed E-state index contributed by atoms with van der Waals surface area (Å²) in [7, 11) is 0. The molecule has 1 aliphatic rings. The van der Waals surface area contributed by atoms with Crippen LogP contribution in [-0.2, 0) is 19.0 Å². The molecule has 1 atom stereocenters. The van der Waals surface area contributed by atoms with Gasteiger partial charge in [-0.05, 0) is 25.7 Å². The molecule has 0 aliphatic heterocycles. The van der Waals surface area contributed by atoms with Gasteiger partial charge in [-0.2, -0.15) is 0 Å². The third kappa shape index (κ3) is 5.38. The zero-order chi connectivity index (χ0) is 13.5. The van der Waals surface area contributed by atoms with Gasteiger partial charge in [0.25, 0.3) is 0 Å². The minimum Gasteiger partial charge on any atom is -0.431 e. The van der Waals surface area contributed by atoms with E-state index in [-0.39, 0.29) is 12.0 Å². The second-order valence-corrected chi connectivity index (χ2v) is 4.90. The summed E-state index contributed by atoms with van der Waals surface area (Å²) in [5, 5.41) is 0. The first kappa shape index (κ1) is 14.8. The van der Waals surface area contributed by atoms with Crippen LogP contribution >= 0.6 is 0 Å². The highest BCUT2D eigenvalue weighted by molar-refractivity contribution is 5.71. The van der Waals surface area contributed by atoms with Gasteiger partial charge in [0, 0.05) is 6.92 Å². The van der Waals surface area contributed by atoms with Crippen LogP contribution in [0.15, 0.2) is 0 Å². The first-order chi connectivity index (χ1) is 8.49.